The fourth-order valence-electron chi connectivity index (χ4n) is 10.0. The number of H-pyrrole nitrogens is 1. The van der Waals surface area contributed by atoms with E-state index >= 15 is 8.78 Å². The lowest BCUT2D eigenvalue weighted by Crippen LogP contribution is -2.55. The fraction of sp³-hybridized carbons (Fsp3) is 0.404. The molecule has 0 radical (unpaired) electrons. The largest absolute Gasteiger partial charge is 0.477 e. The van der Waals surface area contributed by atoms with Crippen LogP contribution in [0.25, 0.3) is 22.3 Å². The van der Waals surface area contributed by atoms with E-state index in [0.717, 1.165) is 37.7 Å². The van der Waals surface area contributed by atoms with Crippen LogP contribution in [0.1, 0.15) is 49.0 Å². The normalized spacial score (nSPS) is 19.7. The number of benzene rings is 2. The van der Waals surface area contributed by atoms with E-state index in [1.165, 1.54) is 42.9 Å². The van der Waals surface area contributed by atoms with Crippen molar-refractivity contribution in [2.24, 2.45) is 5.92 Å². The zero-order valence-corrected chi connectivity index (χ0v) is 45.7. The van der Waals surface area contributed by atoms with Crippen LogP contribution in [0.2, 0.25) is 0 Å². The maximum absolute atomic E-state index is 15.7. The van der Waals surface area contributed by atoms with E-state index in [2.05, 4.69) is 47.4 Å². The maximum atomic E-state index is 15.7. The summed E-state index contributed by atoms with van der Waals surface area (Å²) in [7, 11) is 5.86. The second-order valence-corrected chi connectivity index (χ2v) is 21.1. The van der Waals surface area contributed by atoms with Crippen LogP contribution >= 0.6 is 0 Å². The second kappa shape index (κ2) is 24.3. The topological polar surface area (TPSA) is 176 Å². The molecule has 5 aliphatic rings. The molecule has 0 unspecified atom stereocenters. The number of nitrogens with zero attached hydrogens (tertiary/aromatic N) is 8. The molecule has 0 spiro atoms. The number of carbonyl (C=O) groups is 2. The summed E-state index contributed by atoms with van der Waals surface area (Å²) in [6.45, 7) is 12.6. The third-order valence-electron chi connectivity index (χ3n) is 15.1. The fourth-order valence-corrected chi connectivity index (χ4v) is 10.0. The number of aromatic nitrogens is 4. The van der Waals surface area contributed by atoms with Crippen LogP contribution in [0.5, 0.6) is 5.88 Å². The summed E-state index contributed by atoms with van der Waals surface area (Å²) >= 11 is 0. The number of dihydropyridines is 1. The van der Waals surface area contributed by atoms with Gasteiger partial charge in [0, 0.05) is 128 Å². The third kappa shape index (κ3) is 13.7. The number of allylic oxidation sites excluding steroid dienone is 1. The molecule has 1 saturated carbocycles. The van der Waals surface area contributed by atoms with E-state index in [4.69, 9.17) is 9.47 Å². The van der Waals surface area contributed by atoms with Gasteiger partial charge in [0.05, 0.1) is 64.8 Å². The first kappa shape index (κ1) is 58.7. The molecule has 4 N–H and O–H groups in total. The summed E-state index contributed by atoms with van der Waals surface area (Å²) in [6.07, 6.45) is 0.228. The Morgan fingerprint density at radius 1 is 0.780 bits per heavy atom. The molecule has 3 aromatic heterocycles. The molecule has 25 heteroatoms. The van der Waals surface area contributed by atoms with Crippen molar-refractivity contribution in [1.29, 1.82) is 0 Å². The lowest BCUT2D eigenvalue weighted by molar-refractivity contribution is -0.138. The highest BCUT2D eigenvalue weighted by molar-refractivity contribution is 6.09. The molecule has 7 heterocycles. The Hall–Kier alpha value is -7.90. The number of halogens is 8. The van der Waals surface area contributed by atoms with Crippen LogP contribution in [0.3, 0.4) is 0 Å². The standard InChI is InChI=1S/C30H33F4N5O2.C27H29F4N7O3/c1-17-9-24(30(32,33)34)23(13-35-17)29(40)37-26-10-22(21-7-8-28(36-12-21)41-16-20-5-6-20)25(31)11-27(26)39-14-18(2)38(4)19(3)15-39;1-36(2)17-3-4-38(15-17)23-11-21(28)18(16-12-33-26(34-13-16)37-5-7-41-8-6-37)9-22(23)35-25(40)19-14-32-24(39)10-20(19)27(29,30)31/h7-13,18-20,35H,1,5-6,14-16H2,2-4H3,(H,37,40);9-14,17H,3-8,15H2,1-2H3,(H,32,39)(H,35,40)/t18-,19+;17-/m.0/s1. The molecule has 2 aromatic carbocycles. The number of hydrogen-bond donors (Lipinski definition) is 4. The number of ether oxygens (including phenoxy) is 2. The van der Waals surface area contributed by atoms with Crippen LogP contribution < -0.4 is 40.9 Å². The van der Waals surface area contributed by atoms with Crippen LogP contribution in [0, 0.1) is 17.6 Å². The van der Waals surface area contributed by atoms with Gasteiger partial charge in [0.2, 0.25) is 17.4 Å². The smallest absolute Gasteiger partial charge is 0.417 e. The van der Waals surface area contributed by atoms with Crippen molar-refractivity contribution < 1.29 is 54.2 Å². The number of amides is 2. The van der Waals surface area contributed by atoms with E-state index < -0.39 is 63.6 Å². The Kier molecular flexibility index (Phi) is 17.4. The second-order valence-electron chi connectivity index (χ2n) is 21.1. The number of hydrogen-bond acceptors (Lipinski definition) is 14. The Balaban J connectivity index is 0.000000198. The summed E-state index contributed by atoms with van der Waals surface area (Å²) in [4.78, 5) is 63.2. The van der Waals surface area contributed by atoms with Crippen LogP contribution in [0.15, 0.2) is 108 Å². The van der Waals surface area contributed by atoms with Crippen molar-refractivity contribution in [2.75, 3.05) is 106 Å². The summed E-state index contributed by atoms with van der Waals surface area (Å²) in [5.41, 5.74) is -2.83. The zero-order valence-electron chi connectivity index (χ0n) is 45.7. The van der Waals surface area contributed by atoms with Gasteiger partial charge in [-0.1, -0.05) is 6.58 Å². The predicted octanol–water partition coefficient (Wildman–Crippen LogP) is 8.85. The number of carbonyl (C=O) groups excluding carboxylic acids is 2. The van der Waals surface area contributed by atoms with Gasteiger partial charge >= 0.3 is 12.4 Å². The van der Waals surface area contributed by atoms with E-state index in [9.17, 15) is 40.7 Å². The van der Waals surface area contributed by atoms with Crippen LogP contribution in [0.4, 0.5) is 63.8 Å². The summed E-state index contributed by atoms with van der Waals surface area (Å²) in [5.74, 6) is -1.79. The third-order valence-corrected chi connectivity index (χ3v) is 15.1. The highest BCUT2D eigenvalue weighted by Gasteiger charge is 2.41. The average Bonchev–Trinajstić information content (AvgIpc) is 3.97. The maximum Gasteiger partial charge on any atom is 0.417 e. The number of rotatable bonds is 13. The Labute approximate surface area is 467 Å². The first-order valence-electron chi connectivity index (χ1n) is 26.6. The van der Waals surface area contributed by atoms with Gasteiger partial charge in [-0.05, 0) is 96.6 Å². The van der Waals surface area contributed by atoms with Crippen molar-refractivity contribution in [2.45, 2.75) is 63.6 Å². The minimum atomic E-state index is -4.94. The van der Waals surface area contributed by atoms with Gasteiger partial charge in [-0.2, -0.15) is 26.3 Å². The molecule has 17 nitrogen and oxygen atoms in total. The molecule has 3 saturated heterocycles. The molecular weight excluding hydrogens is 1080 g/mol. The highest BCUT2D eigenvalue weighted by atomic mass is 19.4. The van der Waals surface area contributed by atoms with Gasteiger partial charge in [-0.25, -0.2) is 23.7 Å². The zero-order chi connectivity index (χ0) is 58.8. The summed E-state index contributed by atoms with van der Waals surface area (Å²) in [6, 6.07) is 9.46. The Morgan fingerprint density at radius 2 is 1.39 bits per heavy atom. The van der Waals surface area contributed by atoms with Crippen molar-refractivity contribution in [3.8, 4) is 28.1 Å². The molecule has 0 bridgehead atoms. The number of nitrogens with one attached hydrogen (secondary N) is 4. The Morgan fingerprint density at radius 3 is 1.96 bits per heavy atom. The molecule has 4 aliphatic heterocycles. The first-order chi connectivity index (χ1) is 38.9. The van der Waals surface area contributed by atoms with E-state index in [1.54, 1.807) is 12.1 Å². The van der Waals surface area contributed by atoms with Gasteiger partial charge in [-0.15, -0.1) is 0 Å². The van der Waals surface area contributed by atoms with E-state index in [0.29, 0.717) is 105 Å². The molecule has 82 heavy (non-hydrogen) atoms. The molecule has 3 atom stereocenters. The quantitative estimate of drug-likeness (QED) is 0.0823. The van der Waals surface area contributed by atoms with Gasteiger partial charge in [-0.3, -0.25) is 19.3 Å². The molecular formula is C57H62F8N12O5. The number of aromatic amines is 1. The van der Waals surface area contributed by atoms with Crippen molar-refractivity contribution in [3.63, 3.8) is 0 Å². The van der Waals surface area contributed by atoms with Gasteiger partial charge in [0.15, 0.2) is 0 Å². The van der Waals surface area contributed by atoms with E-state index in [1.807, 2.05) is 54.6 Å². The SMILES string of the molecule is C=C1C=C(C(F)(F)F)C(C(=O)Nc2cc(-c3ccc(OCC4CC4)nc3)c(F)cc2N2C[C@@H](C)N(C)[C@@H](C)C2)=CN1.CN(C)[C@H]1CCN(c2cc(F)c(-c3cnc(N4CCOCC4)nc3)cc2NC(=O)c2c[nH]c(=O)cc2C(F)(F)F)C1. The molecule has 436 valence electrons. The number of morpholine rings is 1. The van der Waals surface area contributed by atoms with E-state index in [-0.39, 0.29) is 46.3 Å². The summed E-state index contributed by atoms with van der Waals surface area (Å²) in [5, 5.41) is 7.75. The van der Waals surface area contributed by atoms with Crippen molar-refractivity contribution >= 4 is 40.5 Å². The number of pyridine rings is 2. The van der Waals surface area contributed by atoms with Crippen LogP contribution in [-0.2, 0) is 15.7 Å². The lowest BCUT2D eigenvalue weighted by Gasteiger charge is -2.44. The van der Waals surface area contributed by atoms with Crippen molar-refractivity contribution in [1.82, 2.24) is 35.1 Å². The first-order valence-corrected chi connectivity index (χ1v) is 26.6. The molecule has 4 fully saturated rings. The molecule has 5 aromatic rings. The predicted molar refractivity (Wildman–Crippen MR) is 295 cm³/mol. The molecule has 1 aliphatic carbocycles. The minimum Gasteiger partial charge on any atom is -0.477 e. The summed E-state index contributed by atoms with van der Waals surface area (Å²) < 4.78 is 125. The number of piperazine rings is 1. The monoisotopic (exact) mass is 1150 g/mol. The van der Waals surface area contributed by atoms with Gasteiger partial charge in [0.25, 0.3) is 11.8 Å². The Bertz CT molecular complexity index is 3290. The van der Waals surface area contributed by atoms with Gasteiger partial charge < -0.3 is 50.0 Å². The number of likely N-dealkylation sites (N-methyl/N-ethyl adjacent to an activating group) is 2. The average molecular weight is 1150 g/mol. The molecule has 10 rings (SSSR count). The lowest BCUT2D eigenvalue weighted by atomic mass is 10.0. The molecule has 2 amide bonds. The number of alkyl halides is 6. The highest BCUT2D eigenvalue weighted by Crippen LogP contribution is 2.41. The minimum absolute atomic E-state index is 0.0103. The number of anilines is 5. The van der Waals surface area contributed by atoms with Crippen LogP contribution in [-0.4, -0.2) is 146 Å². The van der Waals surface area contributed by atoms with Crippen molar-refractivity contribution in [3.05, 3.63) is 136 Å². The van der Waals surface area contributed by atoms with Gasteiger partial charge in [0.1, 0.15) is 11.6 Å².